The lowest BCUT2D eigenvalue weighted by molar-refractivity contribution is -0.132. The molecule has 2 N–H and O–H groups in total. The molecular formula is C19H27ClN4O2S. The molecule has 4 rings (SSSR count). The van der Waals surface area contributed by atoms with Gasteiger partial charge in [-0.15, -0.1) is 23.7 Å². The summed E-state index contributed by atoms with van der Waals surface area (Å²) in [6, 6.07) is 0. The second-order valence-electron chi connectivity index (χ2n) is 7.44. The summed E-state index contributed by atoms with van der Waals surface area (Å²) in [4.78, 5) is 34.0. The lowest BCUT2D eigenvalue weighted by atomic mass is 9.97. The van der Waals surface area contributed by atoms with E-state index >= 15 is 0 Å². The Bertz CT molecular complexity index is 870. The Morgan fingerprint density at radius 1 is 1.26 bits per heavy atom. The molecule has 1 saturated heterocycles. The van der Waals surface area contributed by atoms with Crippen molar-refractivity contribution in [2.24, 2.45) is 11.7 Å². The van der Waals surface area contributed by atoms with E-state index in [4.69, 9.17) is 5.73 Å². The normalized spacial score (nSPS) is 17.6. The number of thiophene rings is 1. The molecule has 0 aromatic carbocycles. The first kappa shape index (κ1) is 20.3. The van der Waals surface area contributed by atoms with Crippen LogP contribution in [0.15, 0.2) is 11.1 Å². The van der Waals surface area contributed by atoms with Gasteiger partial charge in [-0.3, -0.25) is 14.2 Å². The highest BCUT2D eigenvalue weighted by atomic mass is 35.5. The fourth-order valence-corrected chi connectivity index (χ4v) is 5.35. The molecule has 2 aromatic heterocycles. The number of rotatable bonds is 4. The summed E-state index contributed by atoms with van der Waals surface area (Å²) in [5.74, 6) is 0.665. The van der Waals surface area contributed by atoms with E-state index in [0.29, 0.717) is 25.4 Å². The zero-order valence-electron chi connectivity index (χ0n) is 15.5. The topological polar surface area (TPSA) is 81.2 Å². The molecule has 0 atom stereocenters. The Labute approximate surface area is 169 Å². The van der Waals surface area contributed by atoms with E-state index in [2.05, 4.69) is 4.98 Å². The first-order chi connectivity index (χ1) is 12.7. The molecule has 0 radical (unpaired) electrons. The van der Waals surface area contributed by atoms with Crippen molar-refractivity contribution in [3.05, 3.63) is 27.1 Å². The van der Waals surface area contributed by atoms with E-state index < -0.39 is 0 Å². The maximum absolute atomic E-state index is 12.9. The van der Waals surface area contributed by atoms with Crippen LogP contribution in [-0.2, 0) is 24.2 Å². The molecule has 2 aliphatic rings. The van der Waals surface area contributed by atoms with Crippen molar-refractivity contribution < 1.29 is 4.79 Å². The quantitative estimate of drug-likeness (QED) is 0.838. The number of aromatic nitrogens is 2. The zero-order chi connectivity index (χ0) is 18.1. The number of aryl methyl sites for hydroxylation is 3. The highest BCUT2D eigenvalue weighted by Crippen LogP contribution is 2.33. The van der Waals surface area contributed by atoms with Crippen LogP contribution in [0.2, 0.25) is 0 Å². The van der Waals surface area contributed by atoms with Crippen LogP contribution in [0.1, 0.15) is 42.5 Å². The first-order valence-electron chi connectivity index (χ1n) is 9.65. The fourth-order valence-electron chi connectivity index (χ4n) is 4.13. The van der Waals surface area contributed by atoms with Gasteiger partial charge in [0.05, 0.1) is 11.7 Å². The number of carbonyl (C=O) groups excluding carboxylic acids is 1. The minimum Gasteiger partial charge on any atom is -0.343 e. The van der Waals surface area contributed by atoms with Gasteiger partial charge in [0.15, 0.2) is 0 Å². The molecular weight excluding hydrogens is 384 g/mol. The number of amides is 1. The van der Waals surface area contributed by atoms with E-state index in [1.165, 1.54) is 16.9 Å². The molecule has 0 bridgehead atoms. The van der Waals surface area contributed by atoms with Gasteiger partial charge in [-0.2, -0.15) is 0 Å². The van der Waals surface area contributed by atoms with Crippen molar-refractivity contribution in [3.63, 3.8) is 0 Å². The SMILES string of the molecule is Cl.NCC1CCN(C(=O)CCn2cnc3sc4c(c3c2=O)CCCC4)CC1. The second-order valence-corrected chi connectivity index (χ2v) is 8.53. The number of likely N-dealkylation sites (tertiary alicyclic amines) is 1. The van der Waals surface area contributed by atoms with Gasteiger partial charge in [-0.25, -0.2) is 4.98 Å². The van der Waals surface area contributed by atoms with E-state index in [0.717, 1.165) is 55.4 Å². The molecule has 148 valence electrons. The summed E-state index contributed by atoms with van der Waals surface area (Å²) in [5.41, 5.74) is 6.94. The van der Waals surface area contributed by atoms with Gasteiger partial charge >= 0.3 is 0 Å². The van der Waals surface area contributed by atoms with E-state index in [1.54, 1.807) is 22.2 Å². The smallest absolute Gasteiger partial charge is 0.262 e. The number of hydrogen-bond donors (Lipinski definition) is 1. The van der Waals surface area contributed by atoms with Gasteiger partial charge in [0.1, 0.15) is 4.83 Å². The molecule has 6 nitrogen and oxygen atoms in total. The Kier molecular flexibility index (Phi) is 6.55. The molecule has 0 unspecified atom stereocenters. The summed E-state index contributed by atoms with van der Waals surface area (Å²) in [5, 5.41) is 0.795. The summed E-state index contributed by atoms with van der Waals surface area (Å²) in [6.45, 7) is 2.67. The van der Waals surface area contributed by atoms with Crippen LogP contribution in [0.4, 0.5) is 0 Å². The van der Waals surface area contributed by atoms with Gasteiger partial charge in [0, 0.05) is 30.9 Å². The van der Waals surface area contributed by atoms with E-state index in [-0.39, 0.29) is 23.9 Å². The summed E-state index contributed by atoms with van der Waals surface area (Å²) in [7, 11) is 0. The zero-order valence-corrected chi connectivity index (χ0v) is 17.1. The lowest BCUT2D eigenvalue weighted by Gasteiger charge is -2.31. The Morgan fingerprint density at radius 3 is 2.74 bits per heavy atom. The Morgan fingerprint density at radius 2 is 2.00 bits per heavy atom. The molecule has 8 heteroatoms. The van der Waals surface area contributed by atoms with Crippen molar-refractivity contribution in [3.8, 4) is 0 Å². The van der Waals surface area contributed by atoms with Gasteiger partial charge < -0.3 is 10.6 Å². The average molecular weight is 411 g/mol. The summed E-state index contributed by atoms with van der Waals surface area (Å²) >= 11 is 1.66. The molecule has 1 aliphatic heterocycles. The first-order valence-corrected chi connectivity index (χ1v) is 10.5. The van der Waals surface area contributed by atoms with Crippen LogP contribution >= 0.6 is 23.7 Å². The monoisotopic (exact) mass is 410 g/mol. The predicted molar refractivity (Wildman–Crippen MR) is 111 cm³/mol. The third-order valence-corrected chi connectivity index (χ3v) is 7.01. The fraction of sp³-hybridized carbons (Fsp3) is 0.632. The number of hydrogen-bond acceptors (Lipinski definition) is 5. The van der Waals surface area contributed by atoms with E-state index in [1.807, 2.05) is 4.90 Å². The molecule has 1 fully saturated rings. The largest absolute Gasteiger partial charge is 0.343 e. The summed E-state index contributed by atoms with van der Waals surface area (Å²) < 4.78 is 1.62. The van der Waals surface area contributed by atoms with Crippen molar-refractivity contribution in [2.75, 3.05) is 19.6 Å². The van der Waals surface area contributed by atoms with Crippen molar-refractivity contribution in [1.82, 2.24) is 14.5 Å². The molecule has 1 amide bonds. The molecule has 0 saturated carbocycles. The predicted octanol–water partition coefficient (Wildman–Crippen LogP) is 2.35. The van der Waals surface area contributed by atoms with Crippen LogP contribution in [-0.4, -0.2) is 40.0 Å². The number of piperidine rings is 1. The minimum absolute atomic E-state index is 0. The minimum atomic E-state index is 0. The number of nitrogens with zero attached hydrogens (tertiary/aromatic N) is 3. The maximum Gasteiger partial charge on any atom is 0.262 e. The Hall–Kier alpha value is -1.44. The van der Waals surface area contributed by atoms with Crippen LogP contribution in [0, 0.1) is 5.92 Å². The van der Waals surface area contributed by atoms with Crippen molar-refractivity contribution in [1.29, 1.82) is 0 Å². The number of nitrogens with two attached hydrogens (primary N) is 1. The second kappa shape index (κ2) is 8.71. The third kappa shape index (κ3) is 4.05. The molecule has 2 aromatic rings. The maximum atomic E-state index is 12.9. The molecule has 1 aliphatic carbocycles. The number of halogens is 1. The van der Waals surface area contributed by atoms with Gasteiger partial charge in [-0.1, -0.05) is 0 Å². The van der Waals surface area contributed by atoms with Gasteiger partial charge in [0.25, 0.3) is 5.56 Å². The standard InChI is InChI=1S/C19H26N4O2S.ClH/c20-11-13-5-8-22(9-6-13)16(24)7-10-23-12-21-18-17(19(23)25)14-3-1-2-4-15(14)26-18;/h12-13H,1-11,20H2;1H. The van der Waals surface area contributed by atoms with Crippen molar-refractivity contribution in [2.45, 2.75) is 51.5 Å². The lowest BCUT2D eigenvalue weighted by Crippen LogP contribution is -2.40. The number of fused-ring (bicyclic) bond motifs is 3. The molecule has 27 heavy (non-hydrogen) atoms. The van der Waals surface area contributed by atoms with E-state index in [9.17, 15) is 9.59 Å². The molecule has 0 spiro atoms. The third-order valence-electron chi connectivity index (χ3n) is 5.81. The van der Waals surface area contributed by atoms with Crippen LogP contribution < -0.4 is 11.3 Å². The number of carbonyl (C=O) groups is 1. The highest BCUT2D eigenvalue weighted by Gasteiger charge is 2.23. The Balaban J connectivity index is 0.00000210. The van der Waals surface area contributed by atoms with Gasteiger partial charge in [-0.05, 0) is 56.6 Å². The highest BCUT2D eigenvalue weighted by molar-refractivity contribution is 7.18. The summed E-state index contributed by atoms with van der Waals surface area (Å²) in [6.07, 6.45) is 8.31. The van der Waals surface area contributed by atoms with Gasteiger partial charge in [0.2, 0.25) is 5.91 Å². The van der Waals surface area contributed by atoms with Crippen LogP contribution in [0.5, 0.6) is 0 Å². The molecule has 3 heterocycles. The van der Waals surface area contributed by atoms with Crippen molar-refractivity contribution >= 4 is 39.9 Å². The van der Waals surface area contributed by atoms with Crippen LogP contribution in [0.3, 0.4) is 0 Å². The average Bonchev–Trinajstić information content (AvgIpc) is 3.06. The van der Waals surface area contributed by atoms with Crippen LogP contribution in [0.25, 0.3) is 10.2 Å².